The van der Waals surface area contributed by atoms with E-state index in [-0.39, 0.29) is 11.8 Å². The van der Waals surface area contributed by atoms with E-state index in [2.05, 4.69) is 30.2 Å². The Morgan fingerprint density at radius 1 is 1.29 bits per heavy atom. The van der Waals surface area contributed by atoms with Gasteiger partial charge < -0.3 is 19.7 Å². The molecule has 13 heteroatoms. The van der Waals surface area contributed by atoms with Gasteiger partial charge in [0.1, 0.15) is 23.1 Å². The number of amides is 1. The first kappa shape index (κ1) is 22.2. The van der Waals surface area contributed by atoms with Crippen molar-refractivity contribution in [1.29, 1.82) is 0 Å². The normalized spacial score (nSPS) is 15.9. The molecule has 1 atom stereocenters. The Morgan fingerprint density at radius 2 is 2.12 bits per heavy atom. The van der Waals surface area contributed by atoms with Gasteiger partial charge in [-0.25, -0.2) is 14.8 Å². The first-order valence-electron chi connectivity index (χ1n) is 10.3. The van der Waals surface area contributed by atoms with E-state index in [1.165, 1.54) is 40.9 Å². The molecule has 1 aliphatic rings. The molecule has 1 aliphatic carbocycles. The number of thiophene rings is 1. The number of alkyl halides is 3. The van der Waals surface area contributed by atoms with Gasteiger partial charge in [-0.1, -0.05) is 0 Å². The highest BCUT2D eigenvalue weighted by molar-refractivity contribution is 7.19. The minimum Gasteiger partial charge on any atom is -0.446 e. The molecule has 3 heterocycles. The Labute approximate surface area is 194 Å². The molecule has 1 amide bonds. The van der Waals surface area contributed by atoms with Crippen molar-refractivity contribution in [2.75, 3.05) is 19.4 Å². The number of aryl methyl sites for hydroxylation is 1. The fraction of sp³-hybridized carbons (Fsp3) is 0.333. The molecule has 0 saturated heterocycles. The number of anilines is 2. The summed E-state index contributed by atoms with van der Waals surface area (Å²) in [6.07, 6.45) is -0.874. The smallest absolute Gasteiger partial charge is 0.446 e. The van der Waals surface area contributed by atoms with Crippen LogP contribution in [-0.4, -0.2) is 57.7 Å². The summed E-state index contributed by atoms with van der Waals surface area (Å²) in [7, 11) is 3.25. The second kappa shape index (κ2) is 8.31. The molecule has 178 valence electrons. The van der Waals surface area contributed by atoms with Crippen molar-refractivity contribution in [2.24, 2.45) is 0 Å². The Balaban J connectivity index is 1.50. The van der Waals surface area contributed by atoms with Crippen LogP contribution in [-0.2, 0) is 17.6 Å². The van der Waals surface area contributed by atoms with E-state index in [4.69, 9.17) is 4.74 Å². The number of carbonyl (C=O) groups excluding carboxylic acids is 1. The summed E-state index contributed by atoms with van der Waals surface area (Å²) in [5, 5.41) is 10.9. The molecule has 0 radical (unpaired) electrons. The highest BCUT2D eigenvalue weighted by Crippen LogP contribution is 2.41. The number of halogens is 3. The van der Waals surface area contributed by atoms with Crippen molar-refractivity contribution in [3.63, 3.8) is 0 Å². The van der Waals surface area contributed by atoms with E-state index in [1.807, 2.05) is 0 Å². The zero-order valence-corrected chi connectivity index (χ0v) is 18.9. The molecule has 34 heavy (non-hydrogen) atoms. The predicted molar refractivity (Wildman–Crippen MR) is 119 cm³/mol. The molecule has 0 aliphatic heterocycles. The lowest BCUT2D eigenvalue weighted by Gasteiger charge is -2.24. The molecule has 4 aromatic rings. The van der Waals surface area contributed by atoms with Crippen LogP contribution in [0.4, 0.5) is 29.5 Å². The first-order valence-corrected chi connectivity index (χ1v) is 11.1. The number of fused-ring (bicyclic) bond motifs is 4. The number of carbonyl (C=O) groups is 1. The lowest BCUT2D eigenvalue weighted by atomic mass is 9.94. The molecule has 0 fully saturated rings. The third-order valence-electron chi connectivity index (χ3n) is 5.45. The number of H-pyrrole nitrogens is 1. The van der Waals surface area contributed by atoms with Crippen LogP contribution in [0.15, 0.2) is 24.7 Å². The third kappa shape index (κ3) is 4.30. The van der Waals surface area contributed by atoms with E-state index in [0.29, 0.717) is 40.8 Å². The van der Waals surface area contributed by atoms with Crippen LogP contribution in [0.5, 0.6) is 5.75 Å². The second-order valence-corrected chi connectivity index (χ2v) is 9.11. The van der Waals surface area contributed by atoms with Gasteiger partial charge in [0, 0.05) is 36.8 Å². The van der Waals surface area contributed by atoms with Gasteiger partial charge in [0.25, 0.3) is 0 Å². The highest BCUT2D eigenvalue weighted by Gasteiger charge is 2.33. The van der Waals surface area contributed by atoms with Gasteiger partial charge in [-0.05, 0) is 24.5 Å². The Hall–Kier alpha value is -3.61. The fourth-order valence-electron chi connectivity index (χ4n) is 3.93. The average Bonchev–Trinajstić information content (AvgIpc) is 3.36. The van der Waals surface area contributed by atoms with E-state index in [0.717, 1.165) is 15.8 Å². The van der Waals surface area contributed by atoms with Gasteiger partial charge in [-0.15, -0.1) is 24.5 Å². The lowest BCUT2D eigenvalue weighted by Crippen LogP contribution is -2.31. The predicted octanol–water partition coefficient (Wildman–Crippen LogP) is 4.77. The highest BCUT2D eigenvalue weighted by atomic mass is 32.1. The molecule has 0 saturated carbocycles. The minimum atomic E-state index is -4.87. The number of ether oxygens (including phenoxy) is 2. The van der Waals surface area contributed by atoms with E-state index >= 15 is 0 Å². The Morgan fingerprint density at radius 3 is 2.88 bits per heavy atom. The van der Waals surface area contributed by atoms with Crippen molar-refractivity contribution in [2.45, 2.75) is 31.7 Å². The van der Waals surface area contributed by atoms with Crippen molar-refractivity contribution >= 4 is 50.1 Å². The number of hydrogen-bond acceptors (Lipinski definition) is 8. The number of aromatic nitrogens is 4. The largest absolute Gasteiger partial charge is 0.573 e. The van der Waals surface area contributed by atoms with Crippen LogP contribution in [0.25, 0.3) is 21.1 Å². The molecule has 3 aromatic heterocycles. The van der Waals surface area contributed by atoms with Crippen LogP contribution in [0, 0.1) is 0 Å². The number of rotatable bonds is 4. The minimum absolute atomic E-state index is 0.0970. The standard InChI is InChI=1S/C21H19F3N6O3S/c1-30(2)20(31)32-11-3-4-12-16(6-11)34-19-17(12)18(25-9-26-19)28-14-5-10-8-27-29-13(10)7-15(14)33-21(22,23)24/h5,7-9,11H,3-4,6H2,1-2H3,(H,27,29)(H,25,26,28). The second-order valence-electron chi connectivity index (χ2n) is 8.03. The number of nitrogens with zero attached hydrogens (tertiary/aromatic N) is 4. The summed E-state index contributed by atoms with van der Waals surface area (Å²) < 4.78 is 49.0. The van der Waals surface area contributed by atoms with Crippen LogP contribution >= 0.6 is 11.3 Å². The van der Waals surface area contributed by atoms with E-state index in [9.17, 15) is 18.0 Å². The molecule has 9 nitrogen and oxygen atoms in total. The molecule has 0 bridgehead atoms. The summed E-state index contributed by atoms with van der Waals surface area (Å²) in [4.78, 5) is 23.7. The van der Waals surface area contributed by atoms with Crippen LogP contribution in [0.1, 0.15) is 16.9 Å². The topological polar surface area (TPSA) is 105 Å². The van der Waals surface area contributed by atoms with Crippen molar-refractivity contribution in [3.8, 4) is 5.75 Å². The van der Waals surface area contributed by atoms with Gasteiger partial charge >= 0.3 is 12.5 Å². The molecular formula is C21H19F3N6O3S. The van der Waals surface area contributed by atoms with Crippen LogP contribution in [0.3, 0.4) is 0 Å². The first-order chi connectivity index (χ1) is 16.2. The molecule has 1 unspecified atom stereocenters. The van der Waals surface area contributed by atoms with Crippen molar-refractivity contribution in [3.05, 3.63) is 35.1 Å². The maximum absolute atomic E-state index is 13.1. The molecule has 0 spiro atoms. The molecule has 5 rings (SSSR count). The maximum Gasteiger partial charge on any atom is 0.573 e. The molecular weight excluding hydrogens is 473 g/mol. The third-order valence-corrected chi connectivity index (χ3v) is 6.61. The van der Waals surface area contributed by atoms with Gasteiger partial charge in [-0.2, -0.15) is 5.10 Å². The van der Waals surface area contributed by atoms with E-state index < -0.39 is 18.2 Å². The summed E-state index contributed by atoms with van der Waals surface area (Å²) >= 11 is 1.46. The van der Waals surface area contributed by atoms with Gasteiger partial charge in [-0.3, -0.25) is 5.10 Å². The van der Waals surface area contributed by atoms with Crippen LogP contribution < -0.4 is 10.1 Å². The summed E-state index contributed by atoms with van der Waals surface area (Å²) in [6, 6.07) is 2.76. The molecule has 1 aromatic carbocycles. The van der Waals surface area contributed by atoms with Crippen molar-refractivity contribution < 1.29 is 27.4 Å². The average molecular weight is 492 g/mol. The summed E-state index contributed by atoms with van der Waals surface area (Å²) in [5.41, 5.74) is 1.51. The van der Waals surface area contributed by atoms with Gasteiger partial charge in [0.05, 0.1) is 22.8 Å². The number of nitrogens with one attached hydrogen (secondary N) is 2. The van der Waals surface area contributed by atoms with Gasteiger partial charge in [0.15, 0.2) is 5.75 Å². The Kier molecular flexibility index (Phi) is 5.42. The number of aromatic amines is 1. The monoisotopic (exact) mass is 492 g/mol. The lowest BCUT2D eigenvalue weighted by molar-refractivity contribution is -0.274. The van der Waals surface area contributed by atoms with E-state index in [1.54, 1.807) is 14.1 Å². The molecule has 2 N–H and O–H groups in total. The Bertz CT molecular complexity index is 1380. The maximum atomic E-state index is 13.1. The quantitative estimate of drug-likeness (QED) is 0.423. The summed E-state index contributed by atoms with van der Waals surface area (Å²) in [5.74, 6) is -0.0307. The van der Waals surface area contributed by atoms with Crippen molar-refractivity contribution in [1.82, 2.24) is 25.1 Å². The summed E-state index contributed by atoms with van der Waals surface area (Å²) in [6.45, 7) is 0. The number of hydrogen-bond donors (Lipinski definition) is 2. The zero-order chi connectivity index (χ0) is 24.0. The number of benzene rings is 1. The van der Waals surface area contributed by atoms with Gasteiger partial charge in [0.2, 0.25) is 0 Å². The van der Waals surface area contributed by atoms with Crippen LogP contribution in [0.2, 0.25) is 0 Å². The fourth-order valence-corrected chi connectivity index (χ4v) is 5.18. The zero-order valence-electron chi connectivity index (χ0n) is 18.1. The SMILES string of the molecule is CN(C)C(=O)OC1CCc2c(sc3ncnc(Nc4cc5cn[nH]c5cc4OC(F)(F)F)c23)C1.